The van der Waals surface area contributed by atoms with Crippen molar-refractivity contribution in [3.05, 3.63) is 0 Å². The van der Waals surface area contributed by atoms with Crippen LogP contribution in [0.1, 0.15) is 91.9 Å². The van der Waals surface area contributed by atoms with Gasteiger partial charge in [0.15, 0.2) is 0 Å². The predicted molar refractivity (Wildman–Crippen MR) is 146 cm³/mol. The van der Waals surface area contributed by atoms with Gasteiger partial charge in [-0.25, -0.2) is 4.79 Å². The average Bonchev–Trinajstić information content (AvgIpc) is 3.20. The van der Waals surface area contributed by atoms with Crippen molar-refractivity contribution < 1.29 is 19.1 Å². The van der Waals surface area contributed by atoms with Gasteiger partial charge in [0.25, 0.3) is 0 Å². The van der Waals surface area contributed by atoms with E-state index in [4.69, 9.17) is 4.74 Å². The molecule has 6 nitrogen and oxygen atoms in total. The maximum atomic E-state index is 14.3. The van der Waals surface area contributed by atoms with Crippen LogP contribution in [-0.4, -0.2) is 61.9 Å². The lowest BCUT2D eigenvalue weighted by molar-refractivity contribution is -0.173. The van der Waals surface area contributed by atoms with E-state index < -0.39 is 0 Å². The Kier molecular flexibility index (Phi) is 8.08. The number of Topliss-reactive ketones (excluding diaryl/α,β-unsaturated/α-hetero) is 1. The average molecular weight is 517 g/mol. The molecule has 6 heteroatoms. The Balaban J connectivity index is 1.54. The fourth-order valence-electron chi connectivity index (χ4n) is 9.73. The van der Waals surface area contributed by atoms with Crippen LogP contribution in [0, 0.1) is 52.3 Å². The number of fused-ring (bicyclic) bond motifs is 5. The Morgan fingerprint density at radius 3 is 2.22 bits per heavy atom. The lowest BCUT2D eigenvalue weighted by Crippen LogP contribution is -2.61. The largest absolute Gasteiger partial charge is 0.446 e. The van der Waals surface area contributed by atoms with Gasteiger partial charge in [0.1, 0.15) is 11.9 Å². The van der Waals surface area contributed by atoms with Gasteiger partial charge < -0.3 is 14.5 Å². The van der Waals surface area contributed by atoms with Gasteiger partial charge in [-0.2, -0.15) is 0 Å². The van der Waals surface area contributed by atoms with Crippen molar-refractivity contribution in [1.82, 2.24) is 9.80 Å². The third-order valence-electron chi connectivity index (χ3n) is 11.8. The van der Waals surface area contributed by atoms with Gasteiger partial charge in [0.05, 0.1) is 0 Å². The van der Waals surface area contributed by atoms with Gasteiger partial charge in [0, 0.05) is 46.4 Å². The fourth-order valence-corrected chi connectivity index (χ4v) is 9.73. The second kappa shape index (κ2) is 10.5. The molecule has 0 heterocycles. The molecule has 0 aromatic rings. The summed E-state index contributed by atoms with van der Waals surface area (Å²) in [5, 5.41) is 0. The van der Waals surface area contributed by atoms with Crippen LogP contribution in [0.15, 0.2) is 0 Å². The summed E-state index contributed by atoms with van der Waals surface area (Å²) in [7, 11) is 7.14. The van der Waals surface area contributed by atoms with E-state index in [1.165, 1.54) is 17.7 Å². The summed E-state index contributed by atoms with van der Waals surface area (Å²) in [4.78, 5) is 42.1. The Labute approximate surface area is 225 Å². The number of hydrogen-bond donors (Lipinski definition) is 0. The van der Waals surface area contributed by atoms with E-state index >= 15 is 0 Å². The lowest BCUT2D eigenvalue weighted by Gasteiger charge is -2.62. The van der Waals surface area contributed by atoms with Crippen molar-refractivity contribution in [2.75, 3.05) is 28.2 Å². The smallest absolute Gasteiger partial charge is 0.409 e. The molecule has 0 bridgehead atoms. The number of ether oxygens (including phenoxy) is 1. The molecule has 4 aliphatic carbocycles. The zero-order chi connectivity index (χ0) is 27.3. The highest BCUT2D eigenvalue weighted by Gasteiger charge is 2.65. The monoisotopic (exact) mass is 516 g/mol. The first-order valence-electron chi connectivity index (χ1n) is 15.0. The Morgan fingerprint density at radius 1 is 0.946 bits per heavy atom. The molecule has 2 amide bonds. The molecule has 9 unspecified atom stereocenters. The van der Waals surface area contributed by atoms with Crippen molar-refractivity contribution in [3.63, 3.8) is 0 Å². The third-order valence-corrected chi connectivity index (χ3v) is 11.8. The highest BCUT2D eigenvalue weighted by molar-refractivity contribution is 5.86. The van der Waals surface area contributed by atoms with Crippen LogP contribution in [0.2, 0.25) is 0 Å². The van der Waals surface area contributed by atoms with Crippen molar-refractivity contribution in [2.24, 2.45) is 52.3 Å². The minimum atomic E-state index is -0.270. The maximum Gasteiger partial charge on any atom is 0.409 e. The molecule has 0 aromatic heterocycles. The molecule has 4 saturated carbocycles. The Morgan fingerprint density at radius 2 is 1.59 bits per heavy atom. The van der Waals surface area contributed by atoms with Crippen LogP contribution in [-0.2, 0) is 14.3 Å². The summed E-state index contributed by atoms with van der Waals surface area (Å²) in [6, 6.07) is 0. The van der Waals surface area contributed by atoms with Gasteiger partial charge in [-0.05, 0) is 98.2 Å². The molecule has 0 radical (unpaired) electrons. The quantitative estimate of drug-likeness (QED) is 0.432. The maximum absolute atomic E-state index is 14.3. The summed E-state index contributed by atoms with van der Waals surface area (Å²) < 4.78 is 5.84. The first-order chi connectivity index (χ1) is 17.3. The normalized spacial score (nSPS) is 41.7. The van der Waals surface area contributed by atoms with Gasteiger partial charge in [0.2, 0.25) is 5.91 Å². The van der Waals surface area contributed by atoms with Crippen molar-refractivity contribution in [1.29, 1.82) is 0 Å². The van der Waals surface area contributed by atoms with Crippen LogP contribution in [0.5, 0.6) is 0 Å². The van der Waals surface area contributed by atoms with Gasteiger partial charge in [-0.3, -0.25) is 9.59 Å². The van der Waals surface area contributed by atoms with Gasteiger partial charge >= 0.3 is 6.09 Å². The highest BCUT2D eigenvalue weighted by Crippen LogP contribution is 2.68. The molecule has 4 fully saturated rings. The first kappa shape index (κ1) is 28.4. The molecule has 4 aliphatic rings. The van der Waals surface area contributed by atoms with Crippen LogP contribution >= 0.6 is 0 Å². The topological polar surface area (TPSA) is 66.9 Å². The number of carbonyl (C=O) groups is 3. The van der Waals surface area contributed by atoms with Crippen LogP contribution < -0.4 is 0 Å². The number of nitrogens with zero attached hydrogens (tertiary/aromatic N) is 2. The second-order valence-corrected chi connectivity index (χ2v) is 14.0. The molecule has 0 aromatic carbocycles. The molecular formula is C31H52N2O4. The summed E-state index contributed by atoms with van der Waals surface area (Å²) >= 11 is 0. The molecule has 0 saturated heterocycles. The van der Waals surface area contributed by atoms with E-state index in [0.29, 0.717) is 41.8 Å². The molecule has 0 N–H and O–H groups in total. The minimum Gasteiger partial charge on any atom is -0.446 e. The van der Waals surface area contributed by atoms with Crippen molar-refractivity contribution in [3.8, 4) is 0 Å². The van der Waals surface area contributed by atoms with E-state index in [2.05, 4.69) is 27.7 Å². The molecule has 0 spiro atoms. The van der Waals surface area contributed by atoms with E-state index in [0.717, 1.165) is 44.9 Å². The standard InChI is InChI=1S/C31H52N2O4/c1-9-21-25-18-20(37-29(36)33(7)8)14-16-31(25,4)24-15-17-30(3)22(11-12-23(30)27(24)28(21)35)19(2)10-13-26(34)32(5)6/h19-25,27H,9-18H2,1-8H3/t19?,20-,21?,22?,23?,24?,25?,27?,30?,31?/m1/s1. The van der Waals surface area contributed by atoms with Gasteiger partial charge in [-0.15, -0.1) is 0 Å². The number of carbonyl (C=O) groups excluding carboxylic acids is 3. The Hall–Kier alpha value is -1.59. The molecule has 10 atom stereocenters. The number of amides is 2. The lowest BCUT2D eigenvalue weighted by atomic mass is 9.42. The zero-order valence-corrected chi connectivity index (χ0v) is 24.7. The van der Waals surface area contributed by atoms with E-state index in [1.807, 2.05) is 14.1 Å². The van der Waals surface area contributed by atoms with Crippen LogP contribution in [0.25, 0.3) is 0 Å². The van der Waals surface area contributed by atoms with E-state index in [9.17, 15) is 14.4 Å². The van der Waals surface area contributed by atoms with Crippen LogP contribution in [0.4, 0.5) is 4.79 Å². The fraction of sp³-hybridized carbons (Fsp3) is 0.903. The summed E-state index contributed by atoms with van der Waals surface area (Å²) in [5.74, 6) is 3.28. The SMILES string of the molecule is CCC1C(=O)C2C3CCC(C(C)CCC(=O)N(C)C)C3(C)CCC2C2(C)CC[C@@H](OC(=O)N(C)C)CC12. The molecule has 0 aliphatic heterocycles. The third kappa shape index (κ3) is 4.84. The van der Waals surface area contributed by atoms with Gasteiger partial charge in [-0.1, -0.05) is 27.7 Å². The second-order valence-electron chi connectivity index (χ2n) is 14.0. The van der Waals surface area contributed by atoms with E-state index in [1.54, 1.807) is 19.0 Å². The number of hydrogen-bond acceptors (Lipinski definition) is 4. The molecule has 210 valence electrons. The van der Waals surface area contributed by atoms with Crippen molar-refractivity contribution in [2.45, 2.75) is 98.0 Å². The molecule has 37 heavy (non-hydrogen) atoms. The summed E-state index contributed by atoms with van der Waals surface area (Å²) in [6.45, 7) is 9.48. The number of rotatable bonds is 6. The minimum absolute atomic E-state index is 0.0728. The Bertz CT molecular complexity index is 886. The van der Waals surface area contributed by atoms with Crippen LogP contribution in [0.3, 0.4) is 0 Å². The molecular weight excluding hydrogens is 464 g/mol. The zero-order valence-electron chi connectivity index (χ0n) is 24.7. The number of ketones is 1. The van der Waals surface area contributed by atoms with E-state index in [-0.39, 0.29) is 40.8 Å². The molecule has 4 rings (SSSR count). The predicted octanol–water partition coefficient (Wildman–Crippen LogP) is 6.03. The van der Waals surface area contributed by atoms with Crippen molar-refractivity contribution >= 4 is 17.8 Å². The summed E-state index contributed by atoms with van der Waals surface area (Å²) in [6.07, 6.45) is 9.54. The highest BCUT2D eigenvalue weighted by atomic mass is 16.6. The summed E-state index contributed by atoms with van der Waals surface area (Å²) in [5.41, 5.74) is 0.334. The first-order valence-corrected chi connectivity index (χ1v) is 15.0.